The Morgan fingerprint density at radius 2 is 1.73 bits per heavy atom. The molecule has 0 saturated carbocycles. The van der Waals surface area contributed by atoms with E-state index in [4.69, 9.17) is 0 Å². The summed E-state index contributed by atoms with van der Waals surface area (Å²) in [6.07, 6.45) is 4.92. The van der Waals surface area contributed by atoms with Crippen LogP contribution in [0.15, 0.2) is 48.1 Å². The molecule has 0 spiro atoms. The standard InChI is InChI=1S/C23H23F3N8O2S/c1-14-17(3-4-19(31-14)37(2,35)36)32-20-18-13-28-21(34(18)10-7-27-20)15-5-8-33(9-6-15)22-29-11-16(12-30-22)23(24,25)26/h3-4,7,10-13,15H,5-6,8-9H2,1-2H3,(H,27,32). The van der Waals surface area contributed by atoms with E-state index in [0.29, 0.717) is 30.3 Å². The number of halogens is 3. The fourth-order valence-electron chi connectivity index (χ4n) is 4.32. The van der Waals surface area contributed by atoms with Gasteiger partial charge in [-0.3, -0.25) is 4.40 Å². The van der Waals surface area contributed by atoms with Gasteiger partial charge in [0, 0.05) is 50.1 Å². The van der Waals surface area contributed by atoms with Gasteiger partial charge < -0.3 is 10.2 Å². The third-order valence-corrected chi connectivity index (χ3v) is 7.28. The topological polar surface area (TPSA) is 118 Å². The monoisotopic (exact) mass is 532 g/mol. The number of nitrogens with one attached hydrogen (secondary N) is 1. The summed E-state index contributed by atoms with van der Waals surface area (Å²) in [7, 11) is -3.41. The van der Waals surface area contributed by atoms with E-state index in [2.05, 4.69) is 30.2 Å². The number of pyridine rings is 1. The molecular formula is C23H23F3N8O2S. The first kappa shape index (κ1) is 24.9. The average Bonchev–Trinajstić information content (AvgIpc) is 3.29. The predicted octanol–water partition coefficient (Wildman–Crippen LogP) is 3.77. The molecule has 14 heteroatoms. The summed E-state index contributed by atoms with van der Waals surface area (Å²) in [5.41, 5.74) is 1.02. The largest absolute Gasteiger partial charge is 0.419 e. The van der Waals surface area contributed by atoms with Crippen molar-refractivity contribution < 1.29 is 21.6 Å². The Labute approximate surface area is 210 Å². The second kappa shape index (κ2) is 9.25. The fraction of sp³-hybridized carbons (Fsp3) is 0.348. The Balaban J connectivity index is 1.32. The summed E-state index contributed by atoms with van der Waals surface area (Å²) in [6, 6.07) is 3.10. The molecule has 5 rings (SSSR count). The molecule has 4 aromatic rings. The molecule has 1 aliphatic rings. The number of anilines is 3. The highest BCUT2D eigenvalue weighted by Gasteiger charge is 2.32. The smallest absolute Gasteiger partial charge is 0.341 e. The molecule has 1 saturated heterocycles. The fourth-order valence-corrected chi connectivity index (χ4v) is 4.94. The van der Waals surface area contributed by atoms with Crippen LogP contribution in [0, 0.1) is 6.92 Å². The molecule has 1 fully saturated rings. The Kier molecular flexibility index (Phi) is 6.22. The van der Waals surface area contributed by atoms with Crippen molar-refractivity contribution in [2.75, 3.05) is 29.6 Å². The van der Waals surface area contributed by atoms with E-state index in [1.807, 2.05) is 15.5 Å². The van der Waals surface area contributed by atoms with Crippen LogP contribution in [0.3, 0.4) is 0 Å². The number of hydrogen-bond acceptors (Lipinski definition) is 9. The first-order chi connectivity index (χ1) is 17.5. The van der Waals surface area contributed by atoms with E-state index in [9.17, 15) is 21.6 Å². The van der Waals surface area contributed by atoms with Crippen molar-refractivity contribution in [2.45, 2.75) is 36.9 Å². The van der Waals surface area contributed by atoms with Gasteiger partial charge in [0.1, 0.15) is 11.3 Å². The maximum atomic E-state index is 12.8. The van der Waals surface area contributed by atoms with Crippen molar-refractivity contribution in [2.24, 2.45) is 0 Å². The lowest BCUT2D eigenvalue weighted by Gasteiger charge is -2.31. The second-order valence-electron chi connectivity index (χ2n) is 8.86. The number of alkyl halides is 3. The van der Waals surface area contributed by atoms with Gasteiger partial charge in [0.15, 0.2) is 20.7 Å². The van der Waals surface area contributed by atoms with Crippen molar-refractivity contribution in [3.05, 3.63) is 60.2 Å². The zero-order valence-electron chi connectivity index (χ0n) is 19.9. The zero-order valence-corrected chi connectivity index (χ0v) is 20.8. The van der Waals surface area contributed by atoms with Crippen LogP contribution in [0.2, 0.25) is 0 Å². The van der Waals surface area contributed by atoms with Crippen molar-refractivity contribution in [1.82, 2.24) is 29.3 Å². The first-order valence-corrected chi connectivity index (χ1v) is 13.3. The molecule has 0 unspecified atom stereocenters. The molecule has 0 amide bonds. The Morgan fingerprint density at radius 3 is 2.35 bits per heavy atom. The molecule has 194 valence electrons. The second-order valence-corrected chi connectivity index (χ2v) is 10.8. The maximum absolute atomic E-state index is 12.8. The molecule has 4 aromatic heterocycles. The van der Waals surface area contributed by atoms with Gasteiger partial charge in [-0.2, -0.15) is 13.2 Å². The number of hydrogen-bond donors (Lipinski definition) is 1. The van der Waals surface area contributed by atoms with Crippen LogP contribution in [0.5, 0.6) is 0 Å². The minimum Gasteiger partial charge on any atom is -0.341 e. The first-order valence-electron chi connectivity index (χ1n) is 11.4. The maximum Gasteiger partial charge on any atom is 0.419 e. The third kappa shape index (κ3) is 5.05. The molecule has 5 heterocycles. The quantitative estimate of drug-likeness (QED) is 0.410. The summed E-state index contributed by atoms with van der Waals surface area (Å²) in [4.78, 5) is 22.9. The van der Waals surface area contributed by atoms with E-state index in [0.717, 1.165) is 42.8 Å². The molecule has 1 N–H and O–H groups in total. The van der Waals surface area contributed by atoms with Crippen molar-refractivity contribution >= 4 is 32.8 Å². The number of sulfone groups is 1. The van der Waals surface area contributed by atoms with Gasteiger partial charge >= 0.3 is 6.18 Å². The molecule has 0 aromatic carbocycles. The van der Waals surface area contributed by atoms with Crippen LogP contribution in [-0.2, 0) is 16.0 Å². The lowest BCUT2D eigenvalue weighted by Crippen LogP contribution is -2.34. The highest BCUT2D eigenvalue weighted by molar-refractivity contribution is 7.90. The van der Waals surface area contributed by atoms with E-state index in [1.54, 1.807) is 25.4 Å². The molecular weight excluding hydrogens is 509 g/mol. The van der Waals surface area contributed by atoms with Crippen molar-refractivity contribution in [3.63, 3.8) is 0 Å². The van der Waals surface area contributed by atoms with Crippen LogP contribution in [-0.4, -0.2) is 57.1 Å². The summed E-state index contributed by atoms with van der Waals surface area (Å²) in [6.45, 7) is 2.88. The van der Waals surface area contributed by atoms with Gasteiger partial charge in [-0.05, 0) is 31.9 Å². The van der Waals surface area contributed by atoms with Crippen LogP contribution in [0.25, 0.3) is 5.52 Å². The van der Waals surface area contributed by atoms with E-state index >= 15 is 0 Å². The number of fused-ring (bicyclic) bond motifs is 1. The van der Waals surface area contributed by atoms with Gasteiger partial charge in [-0.15, -0.1) is 0 Å². The van der Waals surface area contributed by atoms with Crippen LogP contribution in [0.4, 0.5) is 30.6 Å². The van der Waals surface area contributed by atoms with E-state index in [-0.39, 0.29) is 16.9 Å². The van der Waals surface area contributed by atoms with Crippen molar-refractivity contribution in [1.29, 1.82) is 0 Å². The lowest BCUT2D eigenvalue weighted by molar-refractivity contribution is -0.138. The lowest BCUT2D eigenvalue weighted by atomic mass is 9.96. The number of piperidine rings is 1. The van der Waals surface area contributed by atoms with E-state index < -0.39 is 21.6 Å². The number of aryl methyl sites for hydroxylation is 1. The van der Waals surface area contributed by atoms with Gasteiger partial charge in [-0.1, -0.05) is 0 Å². The molecule has 1 aliphatic heterocycles. The predicted molar refractivity (Wildman–Crippen MR) is 130 cm³/mol. The summed E-state index contributed by atoms with van der Waals surface area (Å²) >= 11 is 0. The summed E-state index contributed by atoms with van der Waals surface area (Å²) in [5.74, 6) is 1.81. The molecule has 0 bridgehead atoms. The SMILES string of the molecule is Cc1nc(S(C)(=O)=O)ccc1Nc1nccn2c(C3CCN(c4ncc(C(F)(F)F)cn4)CC3)ncc12. The van der Waals surface area contributed by atoms with Gasteiger partial charge in [0.25, 0.3) is 0 Å². The van der Waals surface area contributed by atoms with Crippen LogP contribution in [0.1, 0.15) is 35.8 Å². The highest BCUT2D eigenvalue weighted by atomic mass is 32.2. The Morgan fingerprint density at radius 1 is 1.03 bits per heavy atom. The summed E-state index contributed by atoms with van der Waals surface area (Å²) < 4.78 is 63.9. The summed E-state index contributed by atoms with van der Waals surface area (Å²) in [5, 5.41) is 3.22. The van der Waals surface area contributed by atoms with Crippen molar-refractivity contribution in [3.8, 4) is 0 Å². The number of nitrogens with zero attached hydrogens (tertiary/aromatic N) is 7. The highest BCUT2D eigenvalue weighted by Crippen LogP contribution is 2.32. The molecule has 0 aliphatic carbocycles. The van der Waals surface area contributed by atoms with Crippen LogP contribution >= 0.6 is 0 Å². The van der Waals surface area contributed by atoms with E-state index in [1.165, 1.54) is 6.07 Å². The van der Waals surface area contributed by atoms with Gasteiger partial charge in [0.05, 0.1) is 23.1 Å². The normalized spacial score (nSPS) is 15.3. The molecule has 37 heavy (non-hydrogen) atoms. The molecule has 0 radical (unpaired) electrons. The Bertz CT molecular complexity index is 1550. The third-order valence-electron chi connectivity index (χ3n) is 6.29. The number of imidazole rings is 1. The molecule has 0 atom stereocenters. The van der Waals surface area contributed by atoms with Gasteiger partial charge in [-0.25, -0.2) is 33.3 Å². The van der Waals surface area contributed by atoms with Gasteiger partial charge in [0.2, 0.25) is 5.95 Å². The minimum absolute atomic E-state index is 0.00129. The van der Waals surface area contributed by atoms with Crippen LogP contribution < -0.4 is 10.2 Å². The number of rotatable bonds is 5. The Hall–Kier alpha value is -3.81. The average molecular weight is 533 g/mol. The molecule has 10 nitrogen and oxygen atoms in total. The minimum atomic E-state index is -4.47. The zero-order chi connectivity index (χ0) is 26.4. The number of aromatic nitrogens is 6.